The quantitative estimate of drug-likeness (QED) is 0.825. The van der Waals surface area contributed by atoms with Gasteiger partial charge in [0.25, 0.3) is 5.91 Å². The van der Waals surface area contributed by atoms with Gasteiger partial charge in [-0.25, -0.2) is 4.79 Å². The zero-order valence-corrected chi connectivity index (χ0v) is 15.2. The van der Waals surface area contributed by atoms with Crippen molar-refractivity contribution in [1.29, 1.82) is 0 Å². The zero-order valence-electron chi connectivity index (χ0n) is 14.4. The molecule has 0 bridgehead atoms. The Hall–Kier alpha value is -2.79. The zero-order chi connectivity index (χ0) is 18.7. The third-order valence-corrected chi connectivity index (χ3v) is 4.12. The molecule has 0 saturated heterocycles. The van der Waals surface area contributed by atoms with Crippen molar-refractivity contribution in [3.8, 4) is 5.75 Å². The van der Waals surface area contributed by atoms with Crippen LogP contribution < -0.4 is 10.1 Å². The second kappa shape index (κ2) is 7.62. The van der Waals surface area contributed by atoms with Crippen LogP contribution >= 0.6 is 11.6 Å². The lowest BCUT2D eigenvalue weighted by molar-refractivity contribution is -0.149. The molecule has 0 aromatic heterocycles. The number of nitrogens with one attached hydrogen (secondary N) is 1. The summed E-state index contributed by atoms with van der Waals surface area (Å²) >= 11 is 5.96. The van der Waals surface area contributed by atoms with Gasteiger partial charge in [-0.15, -0.1) is 0 Å². The van der Waals surface area contributed by atoms with Gasteiger partial charge in [-0.2, -0.15) is 0 Å². The lowest BCUT2D eigenvalue weighted by atomic mass is 10.1. The molecule has 1 heterocycles. The molecule has 0 radical (unpaired) electrons. The predicted octanol–water partition coefficient (Wildman–Crippen LogP) is 3.99. The third kappa shape index (κ3) is 4.24. The second-order valence-corrected chi connectivity index (χ2v) is 6.48. The molecule has 0 saturated carbocycles. The summed E-state index contributed by atoms with van der Waals surface area (Å²) in [5.41, 5.74) is 2.71. The molecular weight excluding hydrogens is 354 g/mol. The topological polar surface area (TPSA) is 64.6 Å². The molecule has 26 heavy (non-hydrogen) atoms. The Kier molecular flexibility index (Phi) is 5.28. The predicted molar refractivity (Wildman–Crippen MR) is 100 cm³/mol. The summed E-state index contributed by atoms with van der Waals surface area (Å²) < 4.78 is 10.8. The summed E-state index contributed by atoms with van der Waals surface area (Å²) in [7, 11) is 0. The van der Waals surface area contributed by atoms with E-state index in [9.17, 15) is 9.59 Å². The van der Waals surface area contributed by atoms with Gasteiger partial charge >= 0.3 is 5.97 Å². The number of fused-ring (bicyclic) bond motifs is 1. The van der Waals surface area contributed by atoms with Gasteiger partial charge in [0, 0.05) is 16.3 Å². The van der Waals surface area contributed by atoms with Gasteiger partial charge in [0.15, 0.2) is 6.10 Å². The highest BCUT2D eigenvalue weighted by Crippen LogP contribution is 2.29. The average molecular weight is 372 g/mol. The minimum atomic E-state index is -0.940. The Morgan fingerprint density at radius 3 is 2.81 bits per heavy atom. The first-order chi connectivity index (χ1) is 12.4. The minimum absolute atomic E-state index is 0.0830. The highest BCUT2D eigenvalue weighted by molar-refractivity contribution is 6.30. The Morgan fingerprint density at radius 1 is 1.23 bits per heavy atom. The van der Waals surface area contributed by atoms with Crippen LogP contribution in [0.3, 0.4) is 0 Å². The first-order valence-electron chi connectivity index (χ1n) is 8.14. The van der Waals surface area contributed by atoms with Crippen LogP contribution in [0.25, 0.3) is 6.08 Å². The van der Waals surface area contributed by atoms with E-state index >= 15 is 0 Å². The van der Waals surface area contributed by atoms with Gasteiger partial charge in [0.1, 0.15) is 12.4 Å². The summed E-state index contributed by atoms with van der Waals surface area (Å²) in [5, 5.41) is 3.28. The van der Waals surface area contributed by atoms with E-state index in [-0.39, 0.29) is 6.61 Å². The smallest absolute Gasteiger partial charge is 0.338 e. The van der Waals surface area contributed by atoms with Crippen LogP contribution in [0.1, 0.15) is 18.1 Å². The normalized spacial score (nSPS) is 13.7. The molecule has 0 fully saturated rings. The van der Waals surface area contributed by atoms with E-state index in [4.69, 9.17) is 21.1 Å². The van der Waals surface area contributed by atoms with Crippen molar-refractivity contribution >= 4 is 35.2 Å². The highest BCUT2D eigenvalue weighted by atomic mass is 35.5. The van der Waals surface area contributed by atoms with Crippen LogP contribution in [0.4, 0.5) is 5.69 Å². The maximum Gasteiger partial charge on any atom is 0.338 e. The number of amides is 1. The van der Waals surface area contributed by atoms with Crippen LogP contribution in [0.15, 0.2) is 48.0 Å². The summed E-state index contributed by atoms with van der Waals surface area (Å²) in [6.07, 6.45) is 0.725. The van der Waals surface area contributed by atoms with Gasteiger partial charge in [-0.05, 0) is 55.8 Å². The molecule has 6 heteroatoms. The number of halogens is 1. The number of aryl methyl sites for hydroxylation is 1. The lowest BCUT2D eigenvalue weighted by Crippen LogP contribution is -2.31. The van der Waals surface area contributed by atoms with Gasteiger partial charge in [-0.1, -0.05) is 23.7 Å². The Morgan fingerprint density at radius 2 is 2.04 bits per heavy atom. The number of rotatable bonds is 4. The van der Waals surface area contributed by atoms with Crippen molar-refractivity contribution in [3.63, 3.8) is 0 Å². The van der Waals surface area contributed by atoms with Crippen LogP contribution in [0, 0.1) is 6.92 Å². The summed E-state index contributed by atoms with van der Waals surface area (Å²) in [5.74, 6) is -0.344. The van der Waals surface area contributed by atoms with Gasteiger partial charge in [0.2, 0.25) is 0 Å². The van der Waals surface area contributed by atoms with Crippen LogP contribution in [-0.4, -0.2) is 24.6 Å². The fourth-order valence-electron chi connectivity index (χ4n) is 2.52. The van der Waals surface area contributed by atoms with E-state index in [1.165, 1.54) is 6.92 Å². The number of carbonyl (C=O) groups is 2. The standard InChI is InChI=1S/C20H18ClNO4/c1-12-4-3-5-17(8-12)22-19(23)13(2)26-20(24)15-9-14-10-16(21)6-7-18(14)25-11-15/h3-10,13H,11H2,1-2H3,(H,22,23). The Labute approximate surface area is 156 Å². The molecule has 1 amide bonds. The van der Waals surface area contributed by atoms with Crippen LogP contribution in [0.2, 0.25) is 5.02 Å². The van der Waals surface area contributed by atoms with Crippen molar-refractivity contribution in [2.45, 2.75) is 20.0 Å². The largest absolute Gasteiger partial charge is 0.488 e. The molecule has 1 aliphatic heterocycles. The third-order valence-electron chi connectivity index (χ3n) is 3.89. The molecule has 134 valence electrons. The fraction of sp³-hybridized carbons (Fsp3) is 0.200. The van der Waals surface area contributed by atoms with E-state index in [1.807, 2.05) is 25.1 Å². The molecule has 3 rings (SSSR count). The average Bonchev–Trinajstić information content (AvgIpc) is 2.60. The summed E-state index contributed by atoms with van der Waals surface area (Å²) in [4.78, 5) is 24.6. The van der Waals surface area contributed by atoms with E-state index in [1.54, 1.807) is 30.3 Å². The first kappa shape index (κ1) is 18.0. The van der Waals surface area contributed by atoms with Gasteiger partial charge in [-0.3, -0.25) is 4.79 Å². The molecule has 0 aliphatic carbocycles. The van der Waals surface area contributed by atoms with Gasteiger partial charge in [0.05, 0.1) is 5.57 Å². The molecule has 5 nitrogen and oxygen atoms in total. The second-order valence-electron chi connectivity index (χ2n) is 6.05. The SMILES string of the molecule is Cc1cccc(NC(=O)C(C)OC(=O)C2=Cc3cc(Cl)ccc3OC2)c1. The monoisotopic (exact) mass is 371 g/mol. The van der Waals surface area contributed by atoms with E-state index in [0.717, 1.165) is 5.56 Å². The van der Waals surface area contributed by atoms with Crippen molar-refractivity contribution in [3.05, 3.63) is 64.2 Å². The number of hydrogen-bond acceptors (Lipinski definition) is 4. The number of benzene rings is 2. The molecular formula is C20H18ClNO4. The van der Waals surface area contributed by atoms with Crippen LogP contribution in [0.5, 0.6) is 5.75 Å². The van der Waals surface area contributed by atoms with Gasteiger partial charge < -0.3 is 14.8 Å². The number of hydrogen-bond donors (Lipinski definition) is 1. The number of ether oxygens (including phenoxy) is 2. The van der Waals surface area contributed by atoms with E-state index in [2.05, 4.69) is 5.32 Å². The van der Waals surface area contributed by atoms with Crippen molar-refractivity contribution in [1.82, 2.24) is 0 Å². The maximum atomic E-state index is 12.3. The molecule has 1 aliphatic rings. The highest BCUT2D eigenvalue weighted by Gasteiger charge is 2.23. The molecule has 1 unspecified atom stereocenters. The molecule has 1 atom stereocenters. The minimum Gasteiger partial charge on any atom is -0.488 e. The molecule has 0 spiro atoms. The van der Waals surface area contributed by atoms with Crippen LogP contribution in [-0.2, 0) is 14.3 Å². The first-order valence-corrected chi connectivity index (χ1v) is 8.51. The molecule has 1 N–H and O–H groups in total. The van der Waals surface area contributed by atoms with Crippen molar-refractivity contribution in [2.24, 2.45) is 0 Å². The Balaban J connectivity index is 1.65. The fourth-order valence-corrected chi connectivity index (χ4v) is 2.70. The maximum absolute atomic E-state index is 12.3. The van der Waals surface area contributed by atoms with Crippen molar-refractivity contribution < 1.29 is 19.1 Å². The number of carbonyl (C=O) groups excluding carboxylic acids is 2. The summed E-state index contributed by atoms with van der Waals surface area (Å²) in [6, 6.07) is 12.6. The molecule has 2 aromatic rings. The van der Waals surface area contributed by atoms with E-state index < -0.39 is 18.0 Å². The lowest BCUT2D eigenvalue weighted by Gasteiger charge is -2.19. The van der Waals surface area contributed by atoms with E-state index in [0.29, 0.717) is 27.6 Å². The van der Waals surface area contributed by atoms with Crippen molar-refractivity contribution in [2.75, 3.05) is 11.9 Å². The Bertz CT molecular complexity index is 891. The number of anilines is 1. The summed E-state index contributed by atoms with van der Waals surface area (Å²) in [6.45, 7) is 3.54. The number of esters is 1. The molecule has 2 aromatic carbocycles.